The van der Waals surface area contributed by atoms with Gasteiger partial charge in [0.25, 0.3) is 0 Å². The standard InChI is InChI=1S/C18H16F3NO6S/c1-3-27-17(24)14-13(16(28-22-14)9-4-5-9)15(23)11-7-6-10(29(2,25)26)8-12(11)18(19,20)21/h6-9H,3-5H2,1-2H3. The number of carbonyl (C=O) groups excluding carboxylic acids is 2. The lowest BCUT2D eigenvalue weighted by atomic mass is 9.95. The Bertz CT molecular complexity index is 1080. The SMILES string of the molecule is CCOC(=O)c1noc(C2CC2)c1C(=O)c1ccc(S(C)(=O)=O)cc1C(F)(F)F. The van der Waals surface area contributed by atoms with Gasteiger partial charge in [-0.1, -0.05) is 5.16 Å². The van der Waals surface area contributed by atoms with E-state index in [2.05, 4.69) is 5.16 Å². The molecule has 1 aromatic heterocycles. The Kier molecular flexibility index (Phi) is 5.28. The van der Waals surface area contributed by atoms with Gasteiger partial charge in [0.2, 0.25) is 5.69 Å². The molecule has 156 valence electrons. The van der Waals surface area contributed by atoms with Gasteiger partial charge >= 0.3 is 12.1 Å². The van der Waals surface area contributed by atoms with E-state index in [1.165, 1.54) is 6.92 Å². The molecule has 1 fully saturated rings. The first-order valence-electron chi connectivity index (χ1n) is 8.57. The van der Waals surface area contributed by atoms with Crippen molar-refractivity contribution in [1.82, 2.24) is 5.16 Å². The van der Waals surface area contributed by atoms with Gasteiger partial charge in [-0.25, -0.2) is 13.2 Å². The maximum absolute atomic E-state index is 13.6. The molecule has 1 saturated carbocycles. The largest absolute Gasteiger partial charge is 0.461 e. The number of rotatable bonds is 6. The van der Waals surface area contributed by atoms with Gasteiger partial charge in [0.1, 0.15) is 5.56 Å². The fourth-order valence-electron chi connectivity index (χ4n) is 2.81. The average Bonchev–Trinajstić information content (AvgIpc) is 3.37. The van der Waals surface area contributed by atoms with Gasteiger partial charge < -0.3 is 9.26 Å². The summed E-state index contributed by atoms with van der Waals surface area (Å²) in [6.07, 6.45) is -2.98. The molecule has 0 unspecified atom stereocenters. The van der Waals surface area contributed by atoms with Crippen LogP contribution in [-0.4, -0.2) is 38.2 Å². The molecule has 1 aliphatic rings. The van der Waals surface area contributed by atoms with Crippen LogP contribution in [0.15, 0.2) is 27.6 Å². The minimum Gasteiger partial charge on any atom is -0.461 e. The van der Waals surface area contributed by atoms with Gasteiger partial charge in [0, 0.05) is 17.7 Å². The number of sulfone groups is 1. The van der Waals surface area contributed by atoms with Crippen LogP contribution in [0.25, 0.3) is 0 Å². The molecule has 2 aromatic rings. The normalized spacial score (nSPS) is 14.7. The molecule has 7 nitrogen and oxygen atoms in total. The van der Waals surface area contributed by atoms with E-state index in [1.54, 1.807) is 0 Å². The number of ketones is 1. The van der Waals surface area contributed by atoms with Gasteiger partial charge in [-0.15, -0.1) is 0 Å². The average molecular weight is 431 g/mol. The maximum atomic E-state index is 13.6. The number of nitrogens with zero attached hydrogens (tertiary/aromatic N) is 1. The summed E-state index contributed by atoms with van der Waals surface area (Å²) >= 11 is 0. The van der Waals surface area contributed by atoms with Crippen LogP contribution in [-0.2, 0) is 20.8 Å². The number of alkyl halides is 3. The molecule has 0 bridgehead atoms. The second kappa shape index (κ2) is 7.29. The fourth-order valence-corrected chi connectivity index (χ4v) is 3.45. The lowest BCUT2D eigenvalue weighted by molar-refractivity contribution is -0.138. The lowest BCUT2D eigenvalue weighted by Gasteiger charge is -2.14. The molecular formula is C18H16F3NO6S. The molecule has 0 N–H and O–H groups in total. The van der Waals surface area contributed by atoms with Crippen molar-refractivity contribution in [3.8, 4) is 0 Å². The number of halogens is 3. The summed E-state index contributed by atoms with van der Waals surface area (Å²) in [7, 11) is -3.94. The van der Waals surface area contributed by atoms with Crippen LogP contribution in [0.2, 0.25) is 0 Å². The van der Waals surface area contributed by atoms with Crippen molar-refractivity contribution in [1.29, 1.82) is 0 Å². The zero-order valence-electron chi connectivity index (χ0n) is 15.4. The van der Waals surface area contributed by atoms with Crippen molar-refractivity contribution < 1.29 is 40.4 Å². The van der Waals surface area contributed by atoms with Crippen LogP contribution in [0, 0.1) is 0 Å². The molecule has 29 heavy (non-hydrogen) atoms. The summed E-state index contributed by atoms with van der Waals surface area (Å²) in [5.41, 5.74) is -3.12. The number of hydrogen-bond donors (Lipinski definition) is 0. The van der Waals surface area contributed by atoms with E-state index >= 15 is 0 Å². The fraction of sp³-hybridized carbons (Fsp3) is 0.389. The van der Waals surface area contributed by atoms with Crippen molar-refractivity contribution in [3.63, 3.8) is 0 Å². The highest BCUT2D eigenvalue weighted by atomic mass is 32.2. The van der Waals surface area contributed by atoms with Gasteiger partial charge in [0.05, 0.1) is 17.1 Å². The minimum absolute atomic E-state index is 0.0263. The number of ether oxygens (including phenoxy) is 1. The van der Waals surface area contributed by atoms with E-state index in [4.69, 9.17) is 9.26 Å². The molecular weight excluding hydrogens is 415 g/mol. The molecule has 0 atom stereocenters. The first kappa shape index (κ1) is 21.0. The molecule has 0 amide bonds. The number of aromatic nitrogens is 1. The molecule has 1 aromatic carbocycles. The van der Waals surface area contributed by atoms with Crippen molar-refractivity contribution >= 4 is 21.6 Å². The third-order valence-corrected chi connectivity index (χ3v) is 5.44. The van der Waals surface area contributed by atoms with Crippen LogP contribution < -0.4 is 0 Å². The summed E-state index contributed by atoms with van der Waals surface area (Å²) in [6, 6.07) is 2.09. The number of carbonyl (C=O) groups is 2. The minimum atomic E-state index is -5.01. The first-order valence-corrected chi connectivity index (χ1v) is 10.5. The molecule has 0 radical (unpaired) electrons. The second-order valence-electron chi connectivity index (χ2n) is 6.57. The Morgan fingerprint density at radius 3 is 2.45 bits per heavy atom. The second-order valence-corrected chi connectivity index (χ2v) is 8.59. The van der Waals surface area contributed by atoms with E-state index in [1.807, 2.05) is 0 Å². The van der Waals surface area contributed by atoms with Crippen molar-refractivity contribution in [3.05, 3.63) is 46.3 Å². The Balaban J connectivity index is 2.19. The van der Waals surface area contributed by atoms with Crippen molar-refractivity contribution in [2.75, 3.05) is 12.9 Å². The first-order chi connectivity index (χ1) is 13.4. The van der Waals surface area contributed by atoms with E-state index in [0.717, 1.165) is 18.4 Å². The molecule has 1 aliphatic carbocycles. The van der Waals surface area contributed by atoms with E-state index in [9.17, 15) is 31.2 Å². The predicted molar refractivity (Wildman–Crippen MR) is 92.4 cm³/mol. The topological polar surface area (TPSA) is 104 Å². The summed E-state index contributed by atoms with van der Waals surface area (Å²) in [5.74, 6) is -2.33. The Morgan fingerprint density at radius 2 is 1.93 bits per heavy atom. The third kappa shape index (κ3) is 4.19. The number of hydrogen-bond acceptors (Lipinski definition) is 7. The lowest BCUT2D eigenvalue weighted by Crippen LogP contribution is -2.18. The van der Waals surface area contributed by atoms with Crippen LogP contribution in [0.4, 0.5) is 13.2 Å². The molecule has 3 rings (SSSR count). The number of benzene rings is 1. The van der Waals surface area contributed by atoms with Crippen LogP contribution in [0.5, 0.6) is 0 Å². The highest BCUT2D eigenvalue weighted by Crippen LogP contribution is 2.44. The molecule has 0 spiro atoms. The zero-order valence-corrected chi connectivity index (χ0v) is 16.2. The summed E-state index contributed by atoms with van der Waals surface area (Å²) < 4.78 is 74.0. The molecule has 0 saturated heterocycles. The van der Waals surface area contributed by atoms with Gasteiger partial charge in [-0.2, -0.15) is 13.2 Å². The zero-order chi connectivity index (χ0) is 21.6. The maximum Gasteiger partial charge on any atom is 0.417 e. The highest BCUT2D eigenvalue weighted by Gasteiger charge is 2.41. The van der Waals surface area contributed by atoms with E-state index < -0.39 is 49.5 Å². The van der Waals surface area contributed by atoms with E-state index in [-0.39, 0.29) is 23.8 Å². The van der Waals surface area contributed by atoms with Gasteiger partial charge in [-0.05, 0) is 38.0 Å². The monoisotopic (exact) mass is 431 g/mol. The Hall–Kier alpha value is -2.69. The van der Waals surface area contributed by atoms with Crippen LogP contribution in [0.3, 0.4) is 0 Å². The molecule has 1 heterocycles. The Morgan fingerprint density at radius 1 is 1.28 bits per heavy atom. The van der Waals surface area contributed by atoms with Crippen molar-refractivity contribution in [2.45, 2.75) is 36.8 Å². The quantitative estimate of drug-likeness (QED) is 0.510. The smallest absolute Gasteiger partial charge is 0.417 e. The number of esters is 1. The van der Waals surface area contributed by atoms with Crippen molar-refractivity contribution in [2.24, 2.45) is 0 Å². The van der Waals surface area contributed by atoms with Crippen LogP contribution >= 0.6 is 0 Å². The highest BCUT2D eigenvalue weighted by molar-refractivity contribution is 7.90. The Labute approximate surface area is 163 Å². The molecule has 11 heteroatoms. The van der Waals surface area contributed by atoms with E-state index in [0.29, 0.717) is 18.9 Å². The third-order valence-electron chi connectivity index (χ3n) is 4.33. The summed E-state index contributed by atoms with van der Waals surface area (Å²) in [5, 5.41) is 3.54. The van der Waals surface area contributed by atoms with Gasteiger partial charge in [0.15, 0.2) is 21.4 Å². The summed E-state index contributed by atoms with van der Waals surface area (Å²) in [4.78, 5) is 24.6. The van der Waals surface area contributed by atoms with Crippen LogP contribution in [0.1, 0.15) is 63.4 Å². The van der Waals surface area contributed by atoms with Gasteiger partial charge in [-0.3, -0.25) is 4.79 Å². The summed E-state index contributed by atoms with van der Waals surface area (Å²) in [6.45, 7) is 1.49. The molecule has 0 aliphatic heterocycles. The predicted octanol–water partition coefficient (Wildman–Crippen LogP) is 3.38.